The molecule has 0 aromatic heterocycles. The van der Waals surface area contributed by atoms with Crippen molar-refractivity contribution in [1.29, 1.82) is 0 Å². The first-order valence-electron chi connectivity index (χ1n) is 6.56. The molecule has 0 unspecified atom stereocenters. The lowest BCUT2D eigenvalue weighted by Gasteiger charge is -2.15. The fourth-order valence-corrected chi connectivity index (χ4v) is 2.71. The normalized spacial score (nSPS) is 10.5. The minimum atomic E-state index is 0.537. The van der Waals surface area contributed by atoms with Crippen molar-refractivity contribution in [3.05, 3.63) is 64.2 Å². The zero-order valence-corrected chi connectivity index (χ0v) is 12.5. The molecule has 0 amide bonds. The molecule has 0 fully saturated rings. The van der Waals surface area contributed by atoms with Crippen LogP contribution in [0.2, 0.25) is 0 Å². The van der Waals surface area contributed by atoms with Gasteiger partial charge < -0.3 is 5.32 Å². The van der Waals surface area contributed by atoms with Gasteiger partial charge in [-0.3, -0.25) is 0 Å². The monoisotopic (exact) mass is 273 g/mol. The summed E-state index contributed by atoms with van der Waals surface area (Å²) in [5, 5.41) is 3.50. The van der Waals surface area contributed by atoms with Crippen LogP contribution in [0.4, 0.5) is 5.69 Å². The lowest BCUT2D eigenvalue weighted by Crippen LogP contribution is -2.05. The van der Waals surface area contributed by atoms with Crippen molar-refractivity contribution >= 4 is 17.3 Å². The van der Waals surface area contributed by atoms with Gasteiger partial charge in [-0.15, -0.1) is 11.6 Å². The first-order chi connectivity index (χ1) is 9.11. The summed E-state index contributed by atoms with van der Waals surface area (Å²) in [6.45, 7) is 7.32. The SMILES string of the molecule is Cc1cc(C)c(CNc2ccccc2CCl)c(C)c1. The van der Waals surface area contributed by atoms with E-state index >= 15 is 0 Å². The summed E-state index contributed by atoms with van der Waals surface area (Å²) in [6.07, 6.45) is 0. The van der Waals surface area contributed by atoms with Crippen molar-refractivity contribution < 1.29 is 0 Å². The Morgan fingerprint density at radius 1 is 1.00 bits per heavy atom. The lowest BCUT2D eigenvalue weighted by atomic mass is 9.99. The van der Waals surface area contributed by atoms with Gasteiger partial charge in [-0.1, -0.05) is 35.9 Å². The average Bonchev–Trinajstić information content (AvgIpc) is 2.38. The van der Waals surface area contributed by atoms with E-state index in [9.17, 15) is 0 Å². The summed E-state index contributed by atoms with van der Waals surface area (Å²) >= 11 is 5.96. The zero-order valence-electron chi connectivity index (χ0n) is 11.8. The first-order valence-corrected chi connectivity index (χ1v) is 7.09. The molecule has 0 aliphatic heterocycles. The Hall–Kier alpha value is -1.47. The highest BCUT2D eigenvalue weighted by Crippen LogP contribution is 2.21. The standard InChI is InChI=1S/C17H20ClN/c1-12-8-13(2)16(14(3)9-12)11-19-17-7-5-4-6-15(17)10-18/h4-9,19H,10-11H2,1-3H3. The highest BCUT2D eigenvalue weighted by atomic mass is 35.5. The van der Waals surface area contributed by atoms with Crippen LogP contribution in [0.3, 0.4) is 0 Å². The van der Waals surface area contributed by atoms with Crippen LogP contribution in [0.25, 0.3) is 0 Å². The number of hydrogen-bond acceptors (Lipinski definition) is 1. The molecule has 100 valence electrons. The third-order valence-corrected chi connectivity index (χ3v) is 3.75. The second-order valence-electron chi connectivity index (χ2n) is 5.02. The Kier molecular flexibility index (Phi) is 4.49. The van der Waals surface area contributed by atoms with Gasteiger partial charge in [-0.2, -0.15) is 0 Å². The molecule has 0 saturated heterocycles. The third-order valence-electron chi connectivity index (χ3n) is 3.46. The fraction of sp³-hybridized carbons (Fsp3) is 0.294. The van der Waals surface area contributed by atoms with Gasteiger partial charge in [-0.05, 0) is 49.1 Å². The number of para-hydroxylation sites is 1. The summed E-state index contributed by atoms with van der Waals surface area (Å²) in [6, 6.07) is 12.7. The molecule has 1 N–H and O–H groups in total. The molecule has 2 heteroatoms. The number of benzene rings is 2. The molecular weight excluding hydrogens is 254 g/mol. The molecule has 1 nitrogen and oxygen atoms in total. The Bertz CT molecular complexity index is 552. The minimum Gasteiger partial charge on any atom is -0.381 e. The van der Waals surface area contributed by atoms with Gasteiger partial charge in [0.15, 0.2) is 0 Å². The van der Waals surface area contributed by atoms with Gasteiger partial charge in [0.2, 0.25) is 0 Å². The topological polar surface area (TPSA) is 12.0 Å². The molecule has 0 bridgehead atoms. The number of rotatable bonds is 4. The lowest BCUT2D eigenvalue weighted by molar-refractivity contribution is 1.08. The van der Waals surface area contributed by atoms with Crippen molar-refractivity contribution in [3.8, 4) is 0 Å². The minimum absolute atomic E-state index is 0.537. The van der Waals surface area contributed by atoms with Crippen LogP contribution in [-0.4, -0.2) is 0 Å². The number of halogens is 1. The summed E-state index contributed by atoms with van der Waals surface area (Å²) in [5.74, 6) is 0.537. The number of alkyl halides is 1. The molecule has 0 aliphatic carbocycles. The molecule has 0 aliphatic rings. The molecule has 0 heterocycles. The second-order valence-corrected chi connectivity index (χ2v) is 5.29. The Labute approximate surface area is 120 Å². The van der Waals surface area contributed by atoms with Gasteiger partial charge in [0.05, 0.1) is 0 Å². The number of hydrogen-bond donors (Lipinski definition) is 1. The van der Waals surface area contributed by atoms with Gasteiger partial charge >= 0.3 is 0 Å². The maximum Gasteiger partial charge on any atom is 0.0494 e. The fourth-order valence-electron chi connectivity index (χ4n) is 2.48. The third kappa shape index (κ3) is 3.30. The van der Waals surface area contributed by atoms with E-state index in [2.05, 4.69) is 50.4 Å². The van der Waals surface area contributed by atoms with E-state index in [1.165, 1.54) is 22.3 Å². The molecule has 0 atom stereocenters. The van der Waals surface area contributed by atoms with E-state index in [4.69, 9.17) is 11.6 Å². The van der Waals surface area contributed by atoms with Crippen LogP contribution in [0, 0.1) is 20.8 Å². The van der Waals surface area contributed by atoms with Crippen molar-refractivity contribution in [3.63, 3.8) is 0 Å². The highest BCUT2D eigenvalue weighted by Gasteiger charge is 2.05. The predicted molar refractivity (Wildman–Crippen MR) is 84.0 cm³/mol. The van der Waals surface area contributed by atoms with Gasteiger partial charge in [0.25, 0.3) is 0 Å². The molecule has 19 heavy (non-hydrogen) atoms. The predicted octanol–water partition coefficient (Wildman–Crippen LogP) is 4.96. The molecule has 2 aromatic rings. The van der Waals surface area contributed by atoms with E-state index in [0.29, 0.717) is 5.88 Å². The van der Waals surface area contributed by atoms with Crippen molar-refractivity contribution in [2.24, 2.45) is 0 Å². The largest absolute Gasteiger partial charge is 0.381 e. The van der Waals surface area contributed by atoms with Crippen LogP contribution in [0.15, 0.2) is 36.4 Å². The van der Waals surface area contributed by atoms with E-state index in [1.54, 1.807) is 0 Å². The van der Waals surface area contributed by atoms with E-state index in [1.807, 2.05) is 12.1 Å². The Morgan fingerprint density at radius 2 is 1.63 bits per heavy atom. The van der Waals surface area contributed by atoms with Gasteiger partial charge in [0.1, 0.15) is 0 Å². The van der Waals surface area contributed by atoms with Gasteiger partial charge in [-0.25, -0.2) is 0 Å². The van der Waals surface area contributed by atoms with E-state index in [-0.39, 0.29) is 0 Å². The number of anilines is 1. The number of nitrogens with one attached hydrogen (secondary N) is 1. The quantitative estimate of drug-likeness (QED) is 0.776. The van der Waals surface area contributed by atoms with Crippen LogP contribution in [0.5, 0.6) is 0 Å². The van der Waals surface area contributed by atoms with Crippen molar-refractivity contribution in [1.82, 2.24) is 0 Å². The molecule has 2 aromatic carbocycles. The van der Waals surface area contributed by atoms with E-state index in [0.717, 1.165) is 17.8 Å². The van der Waals surface area contributed by atoms with Gasteiger partial charge in [0, 0.05) is 18.1 Å². The maximum absolute atomic E-state index is 5.96. The summed E-state index contributed by atoms with van der Waals surface area (Å²) in [7, 11) is 0. The maximum atomic E-state index is 5.96. The average molecular weight is 274 g/mol. The van der Waals surface area contributed by atoms with Crippen LogP contribution >= 0.6 is 11.6 Å². The summed E-state index contributed by atoms with van der Waals surface area (Å²) in [5.41, 5.74) is 7.64. The second kappa shape index (κ2) is 6.12. The van der Waals surface area contributed by atoms with Crippen molar-refractivity contribution in [2.75, 3.05) is 5.32 Å². The summed E-state index contributed by atoms with van der Waals surface area (Å²) < 4.78 is 0. The first kappa shape index (κ1) is 14.0. The molecule has 2 rings (SSSR count). The highest BCUT2D eigenvalue weighted by molar-refractivity contribution is 6.17. The Balaban J connectivity index is 2.19. The number of aryl methyl sites for hydroxylation is 3. The van der Waals surface area contributed by atoms with Crippen LogP contribution in [0.1, 0.15) is 27.8 Å². The molecule has 0 radical (unpaired) electrons. The smallest absolute Gasteiger partial charge is 0.0494 e. The molecule has 0 saturated carbocycles. The molecular formula is C17H20ClN. The molecule has 0 spiro atoms. The van der Waals surface area contributed by atoms with E-state index < -0.39 is 0 Å². The summed E-state index contributed by atoms with van der Waals surface area (Å²) in [4.78, 5) is 0. The van der Waals surface area contributed by atoms with Crippen LogP contribution in [-0.2, 0) is 12.4 Å². The van der Waals surface area contributed by atoms with Crippen LogP contribution < -0.4 is 5.32 Å². The Morgan fingerprint density at radius 3 is 2.26 bits per heavy atom. The zero-order chi connectivity index (χ0) is 13.8. The van der Waals surface area contributed by atoms with Crippen molar-refractivity contribution in [2.45, 2.75) is 33.2 Å².